The molecular formula is C89H143N7O17. The van der Waals surface area contributed by atoms with E-state index in [0.717, 1.165) is 77.2 Å². The molecule has 636 valence electrons. The van der Waals surface area contributed by atoms with E-state index >= 15 is 0 Å². The van der Waals surface area contributed by atoms with Gasteiger partial charge in [-0.05, 0) is 243 Å². The first kappa shape index (κ1) is 101. The number of nitrogens with two attached hydrogens (primary N) is 1. The van der Waals surface area contributed by atoms with Crippen LogP contribution in [0.3, 0.4) is 0 Å². The van der Waals surface area contributed by atoms with E-state index in [1.165, 1.54) is 38.0 Å². The Bertz CT molecular complexity index is 3580. The van der Waals surface area contributed by atoms with Crippen LogP contribution in [-0.4, -0.2) is 195 Å². The van der Waals surface area contributed by atoms with Crippen molar-refractivity contribution in [3.05, 3.63) is 136 Å². The lowest BCUT2D eigenvalue weighted by atomic mass is 9.67. The Morgan fingerprint density at radius 2 is 0.912 bits per heavy atom. The number of aldehydes is 1. The first-order valence-electron chi connectivity index (χ1n) is 39.9. The molecule has 3 aliphatic rings. The van der Waals surface area contributed by atoms with E-state index in [2.05, 4.69) is 119 Å². The molecule has 113 heavy (non-hydrogen) atoms. The molecule has 0 unspecified atom stereocenters. The van der Waals surface area contributed by atoms with Crippen molar-refractivity contribution < 1.29 is 82.1 Å². The van der Waals surface area contributed by atoms with Crippen LogP contribution in [0.15, 0.2) is 97.1 Å². The maximum atomic E-state index is 12.3. The molecule has 0 bridgehead atoms. The third-order valence-electron chi connectivity index (χ3n) is 21.4. The van der Waals surface area contributed by atoms with Gasteiger partial charge < -0.3 is 85.3 Å². The number of amides is 3. The van der Waals surface area contributed by atoms with Crippen molar-refractivity contribution in [2.24, 2.45) is 47.2 Å². The van der Waals surface area contributed by atoms with Gasteiger partial charge in [-0.25, -0.2) is 28.8 Å². The molecular weight excluding hydrogens is 1440 g/mol. The summed E-state index contributed by atoms with van der Waals surface area (Å²) in [6.07, 6.45) is 3.11. The Kier molecular flexibility index (Phi) is 42.0. The molecule has 3 aliphatic heterocycles. The van der Waals surface area contributed by atoms with Gasteiger partial charge in [-0.1, -0.05) is 145 Å². The molecule has 0 spiro atoms. The van der Waals surface area contributed by atoms with Gasteiger partial charge in [-0.2, -0.15) is 0 Å². The van der Waals surface area contributed by atoms with Gasteiger partial charge in [-0.3, -0.25) is 4.79 Å². The molecule has 3 saturated heterocycles. The number of aliphatic carboxylic acids is 1. The van der Waals surface area contributed by atoms with Crippen molar-refractivity contribution in [3.8, 4) is 5.75 Å². The zero-order valence-electron chi connectivity index (χ0n) is 73.1. The molecule has 0 saturated carbocycles. The van der Waals surface area contributed by atoms with Crippen molar-refractivity contribution in [3.63, 3.8) is 0 Å². The van der Waals surface area contributed by atoms with Crippen LogP contribution in [0.4, 0.5) is 14.4 Å². The fraction of sp³-hybridized carbons (Fsp3) is 0.640. The monoisotopic (exact) mass is 1580 g/mol. The first-order valence-corrected chi connectivity index (χ1v) is 39.9. The zero-order valence-corrected chi connectivity index (χ0v) is 73.1. The van der Waals surface area contributed by atoms with E-state index in [4.69, 9.17) is 49.5 Å². The number of carboxylic acid groups (broad SMARTS) is 1. The maximum absolute atomic E-state index is 12.3. The number of phenolic OH excluding ortho intramolecular Hbond substituents is 1. The average Bonchev–Trinajstić information content (AvgIpc) is 0.793. The number of piperidine rings is 3. The van der Waals surface area contributed by atoms with Crippen LogP contribution in [0.5, 0.6) is 5.75 Å². The fourth-order valence-corrected chi connectivity index (χ4v) is 13.0. The molecule has 4 aromatic rings. The summed E-state index contributed by atoms with van der Waals surface area (Å²) in [6.45, 7) is 53.9. The van der Waals surface area contributed by atoms with E-state index in [9.17, 15) is 38.4 Å². The van der Waals surface area contributed by atoms with Crippen LogP contribution in [0, 0.1) is 41.4 Å². The fourth-order valence-electron chi connectivity index (χ4n) is 13.0. The number of benzene rings is 4. The number of nitrogens with one attached hydrogen (secondary N) is 4. The number of nitrogens with zero attached hydrogens (tertiary/aromatic N) is 2. The zero-order chi connectivity index (χ0) is 86.2. The lowest BCUT2D eigenvalue weighted by molar-refractivity contribution is -0.137. The van der Waals surface area contributed by atoms with Crippen molar-refractivity contribution in [1.82, 2.24) is 31.1 Å². The van der Waals surface area contributed by atoms with Gasteiger partial charge >= 0.3 is 42.2 Å². The number of likely N-dealkylation sites (tertiary alicyclic amines) is 2. The number of esters is 3. The Hall–Kier alpha value is -8.16. The highest BCUT2D eigenvalue weighted by molar-refractivity contribution is 5.90. The summed E-state index contributed by atoms with van der Waals surface area (Å²) in [7, 11) is 4.26. The number of rotatable bonds is 22. The van der Waals surface area contributed by atoms with Crippen molar-refractivity contribution in [1.29, 1.82) is 0 Å². The Morgan fingerprint density at radius 1 is 0.540 bits per heavy atom. The molecule has 3 fully saturated rings. The maximum Gasteiger partial charge on any atom is 0.408 e. The second kappa shape index (κ2) is 47.0. The van der Waals surface area contributed by atoms with Gasteiger partial charge in [-0.15, -0.1) is 0 Å². The summed E-state index contributed by atoms with van der Waals surface area (Å²) in [4.78, 5) is 95.9. The number of aliphatic hydroxyl groups excluding tert-OH is 1. The second-order valence-corrected chi connectivity index (χ2v) is 35.3. The van der Waals surface area contributed by atoms with Gasteiger partial charge in [0.15, 0.2) is 0 Å². The first-order chi connectivity index (χ1) is 52.4. The summed E-state index contributed by atoms with van der Waals surface area (Å²) in [5.74, 6) is 1.07. The number of carboxylic acids is 1. The normalized spacial score (nSPS) is 20.9. The number of phenols is 1. The minimum absolute atomic E-state index is 0.0214. The minimum Gasteiger partial charge on any atom is -0.508 e. The average molecular weight is 1580 g/mol. The van der Waals surface area contributed by atoms with Crippen molar-refractivity contribution >= 4 is 48.4 Å². The number of carbonyl (C=O) groups excluding carboxylic acids is 7. The third kappa shape index (κ3) is 35.6. The quantitative estimate of drug-likeness (QED) is 0.0206. The summed E-state index contributed by atoms with van der Waals surface area (Å²) in [5.41, 5.74) is 11.3. The standard InChI is InChI=1S/C25H40N2O4.C20H32N2O2.C15H21NO2.C10H21NO3.C10H19NO3.C9H10O3/c1-17(2)21(26-23(29)31-24(4,5)6)16-27-13-12-25(7,18(3)15-27)20-11-9-10-19(14-20)22(28)30-8;1-14(2)18(21)13-22-10-9-20(4,15(3)12-22)17-8-6-7-16(11-17)19(23)24-5;1-11-10-16-8-7-15(11,2)13-6-4-5-12(9-13)14(17)18-3;2*1-7(2)8(6-12)11-9(13)14-10(3,4)5;10-8-4-1-7(2-5-8)3-6-9(11)12/h9-11,14,17-18,21H,12-13,15-16H2,1-8H3,(H,26,29);6-8,11,14-15,18H,9-10,12-13,21H2,1-5H3;4-6,9,11,16H,7-8,10H2,1-3H3;7-8,12H,6H2,1-5H3,(H,11,13);6-8H,1-5H3,(H,11,13);1-2,4-5,10H,3,6H2,(H,11,12)/t18-,21+,25+;15-,18+,20+;11-,15+;2*8-;/m00011./s1. The molecule has 3 heterocycles. The van der Waals surface area contributed by atoms with Gasteiger partial charge in [0.2, 0.25) is 0 Å². The summed E-state index contributed by atoms with van der Waals surface area (Å²) in [5, 5.41) is 37.9. The highest BCUT2D eigenvalue weighted by atomic mass is 16.6. The summed E-state index contributed by atoms with van der Waals surface area (Å²) >= 11 is 0. The Morgan fingerprint density at radius 3 is 1.23 bits per heavy atom. The van der Waals surface area contributed by atoms with Crippen LogP contribution in [0.2, 0.25) is 0 Å². The van der Waals surface area contributed by atoms with Gasteiger partial charge in [0.05, 0.1) is 56.7 Å². The molecule has 0 aliphatic carbocycles. The lowest BCUT2D eigenvalue weighted by Crippen LogP contribution is -2.53. The molecule has 3 amide bonds. The molecule has 24 heteroatoms. The van der Waals surface area contributed by atoms with E-state index in [1.807, 2.05) is 97.0 Å². The third-order valence-corrected chi connectivity index (χ3v) is 21.4. The van der Waals surface area contributed by atoms with Crippen LogP contribution < -0.4 is 27.0 Å². The van der Waals surface area contributed by atoms with Crippen LogP contribution in [0.25, 0.3) is 0 Å². The number of hydrogen-bond acceptors (Lipinski definition) is 20. The van der Waals surface area contributed by atoms with E-state index in [0.29, 0.717) is 59.0 Å². The van der Waals surface area contributed by atoms with Crippen LogP contribution >= 0.6 is 0 Å². The molecule has 0 radical (unpaired) electrons. The van der Waals surface area contributed by atoms with Crippen LogP contribution in [0.1, 0.15) is 238 Å². The predicted molar refractivity (Wildman–Crippen MR) is 447 cm³/mol. The molecule has 9 N–H and O–H groups in total. The predicted octanol–water partition coefficient (Wildman–Crippen LogP) is 14.7. The van der Waals surface area contributed by atoms with Crippen LogP contribution in [-0.2, 0) is 60.7 Å². The largest absolute Gasteiger partial charge is 0.508 e. The molecule has 0 aromatic heterocycles. The molecule has 4 aromatic carbocycles. The van der Waals surface area contributed by atoms with Gasteiger partial charge in [0, 0.05) is 44.7 Å². The number of hydrogen-bond donors (Lipinski definition) is 8. The highest BCUT2D eigenvalue weighted by Crippen LogP contribution is 2.42. The number of methoxy groups -OCH3 is 3. The molecule has 7 rings (SSSR count). The summed E-state index contributed by atoms with van der Waals surface area (Å²) < 4.78 is 30.1. The smallest absolute Gasteiger partial charge is 0.408 e. The van der Waals surface area contributed by atoms with Gasteiger partial charge in [0.25, 0.3) is 0 Å². The number of carbonyl (C=O) groups is 8. The summed E-state index contributed by atoms with van der Waals surface area (Å²) in [6, 6.07) is 29.7. The SMILES string of the molecule is CC(C)[C@@H](C=O)NC(=O)OC(C)(C)C.CC(C)[C@@H](CO)NC(=O)OC(C)(C)C.COC(=O)c1cccc([C@]2(C)CCN(C[C@@H](N)C(C)C)C[C@@H]2C)c1.COC(=O)c1cccc([C@]2(C)CCN(C[C@@H](NC(=O)OC(C)(C)C)C(C)C)C[C@@H]2C)c1.COC(=O)c1cccc([C@]2(C)CCNC[C@@H]2C)c1.O=C(O)CCc1ccc(O)cc1. The van der Waals surface area contributed by atoms with Crippen molar-refractivity contribution in [2.45, 2.75) is 249 Å². The molecule has 24 nitrogen and oxygen atoms in total. The minimum atomic E-state index is -0.803. The Labute approximate surface area is 676 Å². The highest BCUT2D eigenvalue weighted by Gasteiger charge is 2.41. The number of alkyl carbamates (subject to hydrolysis) is 3. The van der Waals surface area contributed by atoms with E-state index in [-0.39, 0.29) is 89.0 Å². The number of ether oxygens (including phenoxy) is 6. The van der Waals surface area contributed by atoms with E-state index in [1.54, 1.807) is 71.9 Å². The number of aliphatic hydroxyl groups is 1. The topological polar surface area (TPSA) is 333 Å². The number of aryl methyl sites for hydroxylation is 1. The number of aromatic hydroxyl groups is 1. The Balaban J connectivity index is 0.000000476. The second-order valence-electron chi connectivity index (χ2n) is 35.3. The van der Waals surface area contributed by atoms with E-state index < -0.39 is 41.0 Å². The lowest BCUT2D eigenvalue weighted by Gasteiger charge is -2.46. The van der Waals surface area contributed by atoms with Crippen molar-refractivity contribution in [2.75, 3.05) is 80.3 Å². The molecule has 10 atom stereocenters. The van der Waals surface area contributed by atoms with Gasteiger partial charge in [0.1, 0.15) is 28.8 Å².